The summed E-state index contributed by atoms with van der Waals surface area (Å²) in [6.07, 6.45) is 0. The van der Waals surface area contributed by atoms with E-state index in [4.69, 9.17) is 29.8 Å². The molecule has 0 aliphatic carbocycles. The van der Waals surface area contributed by atoms with Gasteiger partial charge in [0.25, 0.3) is 0 Å². The van der Waals surface area contributed by atoms with Crippen molar-refractivity contribution in [2.45, 2.75) is 20.6 Å². The van der Waals surface area contributed by atoms with Gasteiger partial charge in [0.2, 0.25) is 15.7 Å². The SMILES string of the molecule is [C-]#[N+]c1ccc(S(=O)(=O)[C@H]2CN(S(=O)(=O)c3ccc(Cl)cc3Cl)C[C@@]2(O)CO)cc1F. The smallest absolute Gasteiger partial charge is 0.244 e. The molecule has 13 heteroatoms. The van der Waals surface area contributed by atoms with Crippen molar-refractivity contribution in [1.82, 2.24) is 4.31 Å². The van der Waals surface area contributed by atoms with Gasteiger partial charge in [0.05, 0.1) is 23.1 Å². The van der Waals surface area contributed by atoms with E-state index < -0.39 is 66.8 Å². The van der Waals surface area contributed by atoms with Crippen LogP contribution in [-0.4, -0.2) is 61.9 Å². The zero-order valence-corrected chi connectivity index (χ0v) is 18.7. The Morgan fingerprint density at radius 2 is 1.87 bits per heavy atom. The van der Waals surface area contributed by atoms with E-state index in [2.05, 4.69) is 4.85 Å². The van der Waals surface area contributed by atoms with Crippen LogP contribution in [-0.2, 0) is 19.9 Å². The lowest BCUT2D eigenvalue weighted by atomic mass is 10.1. The van der Waals surface area contributed by atoms with Crippen LogP contribution >= 0.6 is 23.2 Å². The molecule has 1 saturated heterocycles. The van der Waals surface area contributed by atoms with Gasteiger partial charge in [0, 0.05) is 18.1 Å². The largest absolute Gasteiger partial charge is 0.393 e. The first-order valence-electron chi connectivity index (χ1n) is 8.56. The molecule has 166 valence electrons. The minimum Gasteiger partial charge on any atom is -0.393 e. The van der Waals surface area contributed by atoms with Crippen molar-refractivity contribution in [3.8, 4) is 0 Å². The van der Waals surface area contributed by atoms with Gasteiger partial charge in [0.15, 0.2) is 9.84 Å². The van der Waals surface area contributed by atoms with Crippen LogP contribution in [0.1, 0.15) is 0 Å². The molecule has 1 aliphatic heterocycles. The summed E-state index contributed by atoms with van der Waals surface area (Å²) in [6, 6.07) is 6.18. The zero-order valence-electron chi connectivity index (χ0n) is 15.5. The van der Waals surface area contributed by atoms with E-state index in [1.54, 1.807) is 0 Å². The number of sulfone groups is 1. The Morgan fingerprint density at radius 1 is 1.19 bits per heavy atom. The highest BCUT2D eigenvalue weighted by molar-refractivity contribution is 7.92. The third kappa shape index (κ3) is 4.17. The van der Waals surface area contributed by atoms with Crippen LogP contribution in [0.2, 0.25) is 10.0 Å². The Balaban J connectivity index is 2.04. The molecule has 0 amide bonds. The number of hydrogen-bond acceptors (Lipinski definition) is 6. The van der Waals surface area contributed by atoms with Crippen LogP contribution in [0.3, 0.4) is 0 Å². The summed E-state index contributed by atoms with van der Waals surface area (Å²) in [5.41, 5.74) is -2.76. The van der Waals surface area contributed by atoms with Gasteiger partial charge in [-0.15, -0.1) is 0 Å². The van der Waals surface area contributed by atoms with Gasteiger partial charge in [-0.05, 0) is 24.3 Å². The van der Waals surface area contributed by atoms with Gasteiger partial charge in [-0.1, -0.05) is 35.3 Å². The number of benzene rings is 2. The lowest BCUT2D eigenvalue weighted by Gasteiger charge is -2.26. The lowest BCUT2D eigenvalue weighted by Crippen LogP contribution is -2.49. The van der Waals surface area contributed by atoms with Crippen molar-refractivity contribution in [1.29, 1.82) is 0 Å². The van der Waals surface area contributed by atoms with Gasteiger partial charge in [-0.3, -0.25) is 0 Å². The molecule has 1 heterocycles. The Morgan fingerprint density at radius 3 is 2.42 bits per heavy atom. The van der Waals surface area contributed by atoms with Crippen molar-refractivity contribution in [3.63, 3.8) is 0 Å². The molecule has 8 nitrogen and oxygen atoms in total. The Bertz CT molecular complexity index is 1300. The average Bonchev–Trinajstić information content (AvgIpc) is 3.07. The van der Waals surface area contributed by atoms with E-state index in [1.165, 1.54) is 12.1 Å². The first-order valence-corrected chi connectivity index (χ1v) is 12.3. The molecular weight excluding hydrogens is 494 g/mol. The lowest BCUT2D eigenvalue weighted by molar-refractivity contribution is 0.00159. The second kappa shape index (κ2) is 8.29. The number of aliphatic hydroxyl groups is 2. The number of rotatable bonds is 5. The number of nitrogens with zero attached hydrogens (tertiary/aromatic N) is 2. The zero-order chi connectivity index (χ0) is 23.2. The summed E-state index contributed by atoms with van der Waals surface area (Å²) < 4.78 is 66.9. The van der Waals surface area contributed by atoms with Gasteiger partial charge in [-0.2, -0.15) is 4.31 Å². The van der Waals surface area contributed by atoms with Crippen LogP contribution in [0.5, 0.6) is 0 Å². The highest BCUT2D eigenvalue weighted by Gasteiger charge is 2.55. The van der Waals surface area contributed by atoms with Crippen molar-refractivity contribution in [3.05, 3.63) is 63.7 Å². The molecule has 0 radical (unpaired) electrons. The summed E-state index contributed by atoms with van der Waals surface area (Å²) in [5.74, 6) is -1.08. The normalized spacial score (nSPS) is 22.4. The van der Waals surface area contributed by atoms with E-state index >= 15 is 0 Å². The van der Waals surface area contributed by atoms with Gasteiger partial charge < -0.3 is 10.2 Å². The van der Waals surface area contributed by atoms with Gasteiger partial charge in [-0.25, -0.2) is 26.1 Å². The molecule has 3 rings (SSSR count). The molecule has 0 spiro atoms. The first-order chi connectivity index (χ1) is 14.4. The summed E-state index contributed by atoms with van der Waals surface area (Å²) in [4.78, 5) is 1.99. The Labute approximate surface area is 188 Å². The van der Waals surface area contributed by atoms with Crippen molar-refractivity contribution >= 4 is 48.7 Å². The fraction of sp³-hybridized carbons (Fsp3) is 0.278. The maximum absolute atomic E-state index is 14.0. The average molecular weight is 509 g/mol. The quantitative estimate of drug-likeness (QED) is 0.598. The molecule has 31 heavy (non-hydrogen) atoms. The predicted octanol–water partition coefficient (Wildman–Crippen LogP) is 2.25. The van der Waals surface area contributed by atoms with Crippen molar-refractivity contribution < 1.29 is 31.4 Å². The van der Waals surface area contributed by atoms with Crippen LogP contribution in [0.4, 0.5) is 10.1 Å². The Kier molecular flexibility index (Phi) is 6.38. The molecular formula is C18H15Cl2FN2O6S2. The Hall–Kier alpha value is -1.78. The molecule has 1 fully saturated rings. The highest BCUT2D eigenvalue weighted by atomic mass is 35.5. The predicted molar refractivity (Wildman–Crippen MR) is 111 cm³/mol. The van der Waals surface area contributed by atoms with E-state index in [0.717, 1.165) is 18.2 Å². The summed E-state index contributed by atoms with van der Waals surface area (Å²) in [5, 5.41) is 18.7. The summed E-state index contributed by atoms with van der Waals surface area (Å²) >= 11 is 11.8. The molecule has 0 saturated carbocycles. The second-order valence-electron chi connectivity index (χ2n) is 6.89. The van der Waals surface area contributed by atoms with Gasteiger partial charge in [0.1, 0.15) is 21.6 Å². The topological polar surface area (TPSA) is 116 Å². The number of sulfonamides is 1. The molecule has 0 aromatic heterocycles. The van der Waals surface area contributed by atoms with E-state index in [-0.39, 0.29) is 14.9 Å². The van der Waals surface area contributed by atoms with Crippen molar-refractivity contribution in [2.24, 2.45) is 0 Å². The maximum Gasteiger partial charge on any atom is 0.244 e. The number of halogens is 3. The highest BCUT2D eigenvalue weighted by Crippen LogP contribution is 2.37. The van der Waals surface area contributed by atoms with Crippen LogP contribution < -0.4 is 0 Å². The monoisotopic (exact) mass is 508 g/mol. The summed E-state index contributed by atoms with van der Waals surface area (Å²) in [6.45, 7) is 4.32. The third-order valence-corrected chi connectivity index (χ3v) is 9.72. The maximum atomic E-state index is 14.0. The molecule has 2 aromatic rings. The summed E-state index contributed by atoms with van der Waals surface area (Å²) in [7, 11) is -8.88. The van der Waals surface area contributed by atoms with Crippen LogP contribution in [0.25, 0.3) is 4.85 Å². The molecule has 0 unspecified atom stereocenters. The van der Waals surface area contributed by atoms with E-state index in [9.17, 15) is 31.4 Å². The van der Waals surface area contributed by atoms with Crippen LogP contribution in [0.15, 0.2) is 46.2 Å². The standard InChI is InChI=1S/C18H15Cl2FN2O6S2/c1-22-15-4-3-12(7-14(15)21)30(26,27)17-8-23(9-18(17,25)10-24)31(28,29)16-5-2-11(19)6-13(16)20/h2-7,17,24-25H,8-10H2/t17-,18+/m0/s1. The van der Waals surface area contributed by atoms with Crippen molar-refractivity contribution in [2.75, 3.05) is 19.7 Å². The number of aliphatic hydroxyl groups excluding tert-OH is 1. The first kappa shape index (κ1) is 23.9. The number of hydrogen-bond donors (Lipinski definition) is 2. The van der Waals surface area contributed by atoms with E-state index in [0.29, 0.717) is 10.4 Å². The van der Waals surface area contributed by atoms with E-state index in [1.807, 2.05) is 0 Å². The molecule has 2 N–H and O–H groups in total. The minimum absolute atomic E-state index is 0.183. The third-order valence-electron chi connectivity index (χ3n) is 4.95. The fourth-order valence-electron chi connectivity index (χ4n) is 3.29. The molecule has 2 atom stereocenters. The molecule has 1 aliphatic rings. The van der Waals surface area contributed by atoms with Gasteiger partial charge >= 0.3 is 0 Å². The second-order valence-corrected chi connectivity index (χ2v) is 11.8. The van der Waals surface area contributed by atoms with Crippen LogP contribution in [0, 0.1) is 12.4 Å². The molecule has 0 bridgehead atoms. The molecule has 2 aromatic carbocycles. The minimum atomic E-state index is -4.51. The number of β-amino-alcohol motifs (C(OH)–C–C–N with tert-alkyl or cyclic N) is 1. The fourth-order valence-corrected chi connectivity index (χ4v) is 7.61.